The lowest BCUT2D eigenvalue weighted by molar-refractivity contribution is -0.122. The van der Waals surface area contributed by atoms with Crippen LogP contribution in [-0.2, 0) is 4.79 Å². The molecule has 1 unspecified atom stereocenters. The van der Waals surface area contributed by atoms with Gasteiger partial charge in [0, 0.05) is 12.6 Å². The smallest absolute Gasteiger partial charge is 0.223 e. The van der Waals surface area contributed by atoms with Crippen LogP contribution in [0, 0.1) is 5.92 Å². The average Bonchev–Trinajstić information content (AvgIpc) is 2.37. The number of hydrogen-bond acceptors (Lipinski definition) is 3. The first-order valence-corrected chi connectivity index (χ1v) is 6.30. The molecule has 18 heavy (non-hydrogen) atoms. The molecule has 4 heteroatoms. The summed E-state index contributed by atoms with van der Waals surface area (Å²) < 4.78 is 5.46. The number of nitrogens with one attached hydrogen (secondary N) is 1. The predicted molar refractivity (Wildman–Crippen MR) is 72.4 cm³/mol. The summed E-state index contributed by atoms with van der Waals surface area (Å²) in [7, 11) is 0. The summed E-state index contributed by atoms with van der Waals surface area (Å²) in [6.07, 6.45) is 0.345. The third-order valence-electron chi connectivity index (χ3n) is 2.75. The molecule has 0 saturated carbocycles. The van der Waals surface area contributed by atoms with Crippen molar-refractivity contribution in [3.63, 3.8) is 0 Å². The molecule has 1 atom stereocenters. The molecule has 0 radical (unpaired) electrons. The third kappa shape index (κ3) is 5.19. The van der Waals surface area contributed by atoms with E-state index >= 15 is 0 Å². The Hall–Kier alpha value is -1.55. The highest BCUT2D eigenvalue weighted by Crippen LogP contribution is 2.08. The zero-order valence-corrected chi connectivity index (χ0v) is 11.1. The lowest BCUT2D eigenvalue weighted by atomic mass is 10.0. The van der Waals surface area contributed by atoms with Gasteiger partial charge in [-0.2, -0.15) is 0 Å². The van der Waals surface area contributed by atoms with E-state index in [0.717, 1.165) is 5.75 Å². The summed E-state index contributed by atoms with van der Waals surface area (Å²) in [5, 5.41) is 2.91. The number of benzene rings is 1. The number of carbonyl (C=O) groups excluding carboxylic acids is 1. The molecule has 1 rings (SSSR count). The molecule has 1 amide bonds. The quantitative estimate of drug-likeness (QED) is 0.771. The summed E-state index contributed by atoms with van der Waals surface area (Å²) in [4.78, 5) is 11.7. The highest BCUT2D eigenvalue weighted by atomic mass is 16.5. The van der Waals surface area contributed by atoms with Crippen LogP contribution in [0.4, 0.5) is 0 Å². The van der Waals surface area contributed by atoms with Gasteiger partial charge in [0.2, 0.25) is 5.91 Å². The number of carbonyl (C=O) groups is 1. The fraction of sp³-hybridized carbons (Fsp3) is 0.500. The maximum atomic E-state index is 11.7. The maximum absolute atomic E-state index is 11.7. The van der Waals surface area contributed by atoms with Gasteiger partial charge in [-0.1, -0.05) is 32.0 Å². The molecule has 0 aliphatic carbocycles. The summed E-state index contributed by atoms with van der Waals surface area (Å²) >= 11 is 0. The van der Waals surface area contributed by atoms with Crippen LogP contribution < -0.4 is 15.8 Å². The predicted octanol–water partition coefficient (Wildman–Crippen LogP) is 1.55. The van der Waals surface area contributed by atoms with E-state index in [1.165, 1.54) is 0 Å². The van der Waals surface area contributed by atoms with Gasteiger partial charge in [-0.05, 0) is 18.1 Å². The van der Waals surface area contributed by atoms with Gasteiger partial charge < -0.3 is 15.8 Å². The van der Waals surface area contributed by atoms with E-state index in [9.17, 15) is 4.79 Å². The maximum Gasteiger partial charge on any atom is 0.223 e. The number of ether oxygens (including phenoxy) is 1. The molecular formula is C14H22N2O2. The van der Waals surface area contributed by atoms with Crippen LogP contribution in [0.25, 0.3) is 0 Å². The number of nitrogens with two attached hydrogens (primary N) is 1. The lowest BCUT2D eigenvalue weighted by Gasteiger charge is -2.20. The van der Waals surface area contributed by atoms with Gasteiger partial charge in [-0.3, -0.25) is 4.79 Å². The highest BCUT2D eigenvalue weighted by molar-refractivity contribution is 5.76. The van der Waals surface area contributed by atoms with Crippen molar-refractivity contribution < 1.29 is 9.53 Å². The molecule has 4 nitrogen and oxygen atoms in total. The van der Waals surface area contributed by atoms with E-state index in [2.05, 4.69) is 5.32 Å². The van der Waals surface area contributed by atoms with Crippen molar-refractivity contribution in [2.45, 2.75) is 26.3 Å². The van der Waals surface area contributed by atoms with Crippen LogP contribution in [0.5, 0.6) is 5.75 Å². The summed E-state index contributed by atoms with van der Waals surface area (Å²) in [6.45, 7) is 4.92. The topological polar surface area (TPSA) is 64.3 Å². The van der Waals surface area contributed by atoms with E-state index in [-0.39, 0.29) is 11.9 Å². The molecule has 0 spiro atoms. The molecule has 1 aromatic carbocycles. The number of amides is 1. The van der Waals surface area contributed by atoms with Gasteiger partial charge in [0.15, 0.2) is 0 Å². The standard InChI is InChI=1S/C14H22N2O2/c1-11(2)13(10-15)16-14(17)8-9-18-12-6-4-3-5-7-12/h3-7,11,13H,8-10,15H2,1-2H3,(H,16,17). The van der Waals surface area contributed by atoms with Crippen molar-refractivity contribution in [3.8, 4) is 5.75 Å². The summed E-state index contributed by atoms with van der Waals surface area (Å²) in [6, 6.07) is 9.50. The van der Waals surface area contributed by atoms with Crippen LogP contribution in [-0.4, -0.2) is 25.1 Å². The zero-order chi connectivity index (χ0) is 13.4. The van der Waals surface area contributed by atoms with E-state index in [1.807, 2.05) is 44.2 Å². The Balaban J connectivity index is 2.25. The fourth-order valence-corrected chi connectivity index (χ4v) is 1.56. The monoisotopic (exact) mass is 250 g/mol. The van der Waals surface area contributed by atoms with Gasteiger partial charge in [0.25, 0.3) is 0 Å². The number of para-hydroxylation sites is 1. The second-order valence-corrected chi connectivity index (χ2v) is 4.57. The SMILES string of the molecule is CC(C)C(CN)NC(=O)CCOc1ccccc1. The fourth-order valence-electron chi connectivity index (χ4n) is 1.56. The summed E-state index contributed by atoms with van der Waals surface area (Å²) in [5.74, 6) is 1.11. The molecule has 100 valence electrons. The van der Waals surface area contributed by atoms with E-state index < -0.39 is 0 Å². The third-order valence-corrected chi connectivity index (χ3v) is 2.75. The minimum Gasteiger partial charge on any atom is -0.493 e. The molecule has 1 aromatic rings. The Bertz CT molecular complexity index is 352. The first kappa shape index (κ1) is 14.5. The van der Waals surface area contributed by atoms with Crippen molar-refractivity contribution in [1.29, 1.82) is 0 Å². The molecule has 3 N–H and O–H groups in total. The molecule has 0 aliphatic heterocycles. The molecule has 0 aliphatic rings. The Morgan fingerprint density at radius 2 is 2.00 bits per heavy atom. The molecule has 0 aromatic heterocycles. The second-order valence-electron chi connectivity index (χ2n) is 4.57. The average molecular weight is 250 g/mol. The molecule has 0 fully saturated rings. The van der Waals surface area contributed by atoms with Crippen molar-refractivity contribution in [3.05, 3.63) is 30.3 Å². The Morgan fingerprint density at radius 1 is 1.33 bits per heavy atom. The first-order valence-electron chi connectivity index (χ1n) is 6.30. The van der Waals surface area contributed by atoms with Crippen LogP contribution in [0.2, 0.25) is 0 Å². The second kappa shape index (κ2) is 7.71. The van der Waals surface area contributed by atoms with E-state index in [0.29, 0.717) is 25.5 Å². The molecule has 0 bridgehead atoms. The highest BCUT2D eigenvalue weighted by Gasteiger charge is 2.13. The van der Waals surface area contributed by atoms with Crippen molar-refractivity contribution in [2.24, 2.45) is 11.7 Å². The normalized spacial score (nSPS) is 12.2. The zero-order valence-electron chi connectivity index (χ0n) is 11.1. The van der Waals surface area contributed by atoms with Gasteiger partial charge in [0.05, 0.1) is 13.0 Å². The van der Waals surface area contributed by atoms with Gasteiger partial charge in [-0.25, -0.2) is 0 Å². The van der Waals surface area contributed by atoms with Gasteiger partial charge in [-0.15, -0.1) is 0 Å². The summed E-state index contributed by atoms with van der Waals surface area (Å²) in [5.41, 5.74) is 5.60. The molecular weight excluding hydrogens is 228 g/mol. The van der Waals surface area contributed by atoms with E-state index in [4.69, 9.17) is 10.5 Å². The van der Waals surface area contributed by atoms with E-state index in [1.54, 1.807) is 0 Å². The largest absolute Gasteiger partial charge is 0.493 e. The van der Waals surface area contributed by atoms with Gasteiger partial charge in [0.1, 0.15) is 5.75 Å². The van der Waals surface area contributed by atoms with Crippen LogP contribution in [0.15, 0.2) is 30.3 Å². The first-order chi connectivity index (χ1) is 8.63. The van der Waals surface area contributed by atoms with Crippen molar-refractivity contribution in [1.82, 2.24) is 5.32 Å². The molecule has 0 saturated heterocycles. The Labute approximate surface area is 109 Å². The van der Waals surface area contributed by atoms with Crippen molar-refractivity contribution >= 4 is 5.91 Å². The van der Waals surface area contributed by atoms with Crippen molar-refractivity contribution in [2.75, 3.05) is 13.2 Å². The Kier molecular flexibility index (Phi) is 6.22. The van der Waals surface area contributed by atoms with Crippen LogP contribution >= 0.6 is 0 Å². The molecule has 0 heterocycles. The minimum atomic E-state index is -0.0184. The minimum absolute atomic E-state index is 0.0184. The Morgan fingerprint density at radius 3 is 2.56 bits per heavy atom. The lowest BCUT2D eigenvalue weighted by Crippen LogP contribution is -2.44. The number of rotatable bonds is 7. The number of hydrogen-bond donors (Lipinski definition) is 2. The van der Waals surface area contributed by atoms with Gasteiger partial charge >= 0.3 is 0 Å². The van der Waals surface area contributed by atoms with Crippen LogP contribution in [0.1, 0.15) is 20.3 Å². The van der Waals surface area contributed by atoms with Crippen LogP contribution in [0.3, 0.4) is 0 Å².